The molecule has 0 saturated carbocycles. The van der Waals surface area contributed by atoms with Crippen molar-refractivity contribution in [3.63, 3.8) is 0 Å². The fourth-order valence-electron chi connectivity index (χ4n) is 0. The molecule has 0 aliphatic rings. The molecule has 0 unspecified atom stereocenters. The Balaban J connectivity index is -0.0000000267. The van der Waals surface area contributed by atoms with Gasteiger partial charge in [-0.25, -0.2) is 0 Å². The molecule has 0 aromatic rings. The molecule has 0 heterocycles. The Labute approximate surface area is 81.0 Å². The van der Waals surface area contributed by atoms with Crippen molar-refractivity contribution in [2.45, 2.75) is 20.0 Å². The van der Waals surface area contributed by atoms with Crippen LogP contribution in [-0.4, -0.2) is 6.10 Å². The normalized spacial score (nSPS) is 5.75. The summed E-state index contributed by atoms with van der Waals surface area (Å²) in [7, 11) is 0. The molecule has 0 N–H and O–H groups in total. The molecule has 0 amide bonds. The van der Waals surface area contributed by atoms with Gasteiger partial charge in [0.15, 0.2) is 0 Å². The SMILES string of the molecule is CC(C)[O][Ti].Cl.Cl.Cl. The quantitative estimate of drug-likeness (QED) is 0.610. The summed E-state index contributed by atoms with van der Waals surface area (Å²) in [6.07, 6.45) is 0.384. The van der Waals surface area contributed by atoms with Crippen molar-refractivity contribution in [2.75, 3.05) is 0 Å². The minimum absolute atomic E-state index is 0. The maximum Gasteiger partial charge on any atom is -0.147 e. The van der Waals surface area contributed by atoms with Crippen molar-refractivity contribution in [3.8, 4) is 0 Å². The fourth-order valence-corrected chi connectivity index (χ4v) is 0. The van der Waals surface area contributed by atoms with Crippen LogP contribution in [0.25, 0.3) is 0 Å². The van der Waals surface area contributed by atoms with Crippen LogP contribution in [0.15, 0.2) is 0 Å². The van der Waals surface area contributed by atoms with Gasteiger partial charge in [-0.1, -0.05) is 0 Å². The maximum atomic E-state index is 4.75. The average molecular weight is 216 g/mol. The van der Waals surface area contributed by atoms with E-state index in [1.807, 2.05) is 13.8 Å². The molecule has 0 aliphatic heterocycles. The first-order valence-corrected chi connectivity index (χ1v) is 2.23. The average Bonchev–Trinajstić information content (AvgIpc) is 1.38. The van der Waals surface area contributed by atoms with Crippen LogP contribution in [0.4, 0.5) is 0 Å². The van der Waals surface area contributed by atoms with Crippen LogP contribution in [0.1, 0.15) is 13.8 Å². The minimum Gasteiger partial charge on any atom is -0.147 e. The molecule has 0 aliphatic carbocycles. The number of halogens is 3. The Morgan fingerprint density at radius 2 is 1.25 bits per heavy atom. The van der Waals surface area contributed by atoms with Gasteiger partial charge >= 0.3 is 44.1 Å². The first-order valence-electron chi connectivity index (χ1n) is 1.59. The molecule has 0 atom stereocenters. The van der Waals surface area contributed by atoms with E-state index in [0.717, 1.165) is 0 Å². The molecule has 0 aromatic heterocycles. The van der Waals surface area contributed by atoms with Crippen LogP contribution in [0.3, 0.4) is 0 Å². The zero-order valence-electron chi connectivity index (χ0n) is 4.71. The summed E-state index contributed by atoms with van der Waals surface area (Å²) in [4.78, 5) is 0. The van der Waals surface area contributed by atoms with E-state index in [1.165, 1.54) is 0 Å². The molecule has 5 heteroatoms. The van der Waals surface area contributed by atoms with E-state index in [9.17, 15) is 0 Å². The molecule has 0 radical (unpaired) electrons. The van der Waals surface area contributed by atoms with Gasteiger partial charge in [0, 0.05) is 0 Å². The van der Waals surface area contributed by atoms with Crippen LogP contribution >= 0.6 is 37.2 Å². The van der Waals surface area contributed by atoms with Gasteiger partial charge in [0.25, 0.3) is 0 Å². The van der Waals surface area contributed by atoms with Gasteiger partial charge in [-0.15, -0.1) is 37.2 Å². The number of hydrogen-bond donors (Lipinski definition) is 0. The Bertz CT molecular complexity index is 28.5. The summed E-state index contributed by atoms with van der Waals surface area (Å²) in [5.74, 6) is 0. The number of rotatable bonds is 1. The predicted molar refractivity (Wildman–Crippen MR) is 38.0 cm³/mol. The molecule has 53 valence electrons. The van der Waals surface area contributed by atoms with Crippen LogP contribution in [0.2, 0.25) is 0 Å². The van der Waals surface area contributed by atoms with Gasteiger partial charge < -0.3 is 0 Å². The maximum absolute atomic E-state index is 4.75. The molecule has 0 bridgehead atoms. The first-order chi connectivity index (χ1) is 2.27. The molecule has 0 rings (SSSR count). The molecular weight excluding hydrogens is 206 g/mol. The Morgan fingerprint density at radius 1 is 1.12 bits per heavy atom. The van der Waals surface area contributed by atoms with Gasteiger partial charge in [-0.3, -0.25) is 0 Å². The van der Waals surface area contributed by atoms with Gasteiger partial charge in [0.1, 0.15) is 0 Å². The zero-order chi connectivity index (χ0) is 4.28. The second-order valence-corrected chi connectivity index (χ2v) is 1.53. The van der Waals surface area contributed by atoms with Gasteiger partial charge in [-0.2, -0.15) is 0 Å². The number of hydrogen-bond acceptors (Lipinski definition) is 1. The monoisotopic (exact) mass is 215 g/mol. The smallest absolute Gasteiger partial charge is 0.147 e. The second-order valence-electron chi connectivity index (χ2n) is 1.17. The molecule has 0 spiro atoms. The minimum atomic E-state index is 0. The third-order valence-electron chi connectivity index (χ3n) is 0.236. The van der Waals surface area contributed by atoms with Crippen LogP contribution in [0, 0.1) is 0 Å². The largest absolute Gasteiger partial charge is 0.147 e. The molecular formula is C3H10Cl3OTi. The fraction of sp³-hybridized carbons (Fsp3) is 1.00. The van der Waals surface area contributed by atoms with E-state index in [0.29, 0.717) is 6.10 Å². The van der Waals surface area contributed by atoms with Crippen LogP contribution < -0.4 is 0 Å². The van der Waals surface area contributed by atoms with Crippen molar-refractivity contribution in [1.82, 2.24) is 0 Å². The zero-order valence-corrected chi connectivity index (χ0v) is 8.72. The van der Waals surface area contributed by atoms with Crippen molar-refractivity contribution in [2.24, 2.45) is 0 Å². The third-order valence-corrected chi connectivity index (χ3v) is 0.972. The standard InChI is InChI=1S/C3H7O.3ClH.Ti/c1-3(2)4;;;;/h3H,1-2H3;3*1H;/q-1;;;;+1. The molecule has 8 heavy (non-hydrogen) atoms. The van der Waals surface area contributed by atoms with Gasteiger partial charge in [-0.05, 0) is 0 Å². The van der Waals surface area contributed by atoms with Crippen LogP contribution in [0.5, 0.6) is 0 Å². The van der Waals surface area contributed by atoms with Crippen molar-refractivity contribution in [1.29, 1.82) is 0 Å². The Hall–Kier alpha value is 1.54. The Morgan fingerprint density at radius 3 is 1.25 bits per heavy atom. The Kier molecular flexibility index (Phi) is 44.8. The predicted octanol–water partition coefficient (Wildman–Crippen LogP) is 2.14. The summed E-state index contributed by atoms with van der Waals surface area (Å²) < 4.78 is 4.75. The van der Waals surface area contributed by atoms with E-state index < -0.39 is 0 Å². The van der Waals surface area contributed by atoms with E-state index >= 15 is 0 Å². The second kappa shape index (κ2) is 15.8. The summed E-state index contributed by atoms with van der Waals surface area (Å²) >= 11 is 1.70. The first kappa shape index (κ1) is 22.7. The summed E-state index contributed by atoms with van der Waals surface area (Å²) in [6.45, 7) is 4.00. The molecule has 0 aromatic carbocycles. The molecule has 1 nitrogen and oxygen atoms in total. The van der Waals surface area contributed by atoms with Gasteiger partial charge in [0.2, 0.25) is 0 Å². The topological polar surface area (TPSA) is 9.23 Å². The summed E-state index contributed by atoms with van der Waals surface area (Å²) in [5, 5.41) is 0. The van der Waals surface area contributed by atoms with E-state index in [-0.39, 0.29) is 37.2 Å². The van der Waals surface area contributed by atoms with E-state index in [1.54, 1.807) is 20.8 Å². The van der Waals surface area contributed by atoms with Crippen molar-refractivity contribution < 1.29 is 24.1 Å². The molecule has 0 saturated heterocycles. The van der Waals surface area contributed by atoms with Gasteiger partial charge in [0.05, 0.1) is 0 Å². The van der Waals surface area contributed by atoms with E-state index in [2.05, 4.69) is 0 Å². The van der Waals surface area contributed by atoms with Crippen LogP contribution in [-0.2, 0) is 24.1 Å². The third kappa shape index (κ3) is 25.7. The van der Waals surface area contributed by atoms with E-state index in [4.69, 9.17) is 3.32 Å². The van der Waals surface area contributed by atoms with Crippen molar-refractivity contribution >= 4 is 37.2 Å². The summed E-state index contributed by atoms with van der Waals surface area (Å²) in [6, 6.07) is 0. The van der Waals surface area contributed by atoms with Crippen molar-refractivity contribution in [3.05, 3.63) is 0 Å². The summed E-state index contributed by atoms with van der Waals surface area (Å²) in [5.41, 5.74) is 0. The molecule has 0 fully saturated rings.